The van der Waals surface area contributed by atoms with Gasteiger partial charge < -0.3 is 5.11 Å². The number of carbonyl (C=O) groups excluding carboxylic acids is 1. The molecule has 17 heavy (non-hydrogen) atoms. The van der Waals surface area contributed by atoms with Crippen molar-refractivity contribution in [3.63, 3.8) is 0 Å². The predicted molar refractivity (Wildman–Crippen MR) is 64.1 cm³/mol. The van der Waals surface area contributed by atoms with Crippen LogP contribution in [-0.2, 0) is 9.59 Å². The molecule has 1 aliphatic rings. The molecule has 1 fully saturated rings. The fraction of sp³-hybridized carbons (Fsp3) is 0.385. The first kappa shape index (κ1) is 11.6. The van der Waals surface area contributed by atoms with E-state index < -0.39 is 12.0 Å². The molecule has 4 heteroatoms. The van der Waals surface area contributed by atoms with Crippen molar-refractivity contribution >= 4 is 17.6 Å². The molecule has 1 saturated heterocycles. The number of aryl methyl sites for hydroxylation is 2. The third-order valence-electron chi connectivity index (χ3n) is 3.18. The molecule has 1 amide bonds. The zero-order valence-corrected chi connectivity index (χ0v) is 9.93. The van der Waals surface area contributed by atoms with Gasteiger partial charge in [-0.15, -0.1) is 0 Å². The molecule has 1 aliphatic heterocycles. The van der Waals surface area contributed by atoms with Crippen LogP contribution in [0.15, 0.2) is 18.2 Å². The molecular formula is C13H15NO3. The van der Waals surface area contributed by atoms with E-state index in [2.05, 4.69) is 0 Å². The molecule has 1 aromatic carbocycles. The largest absolute Gasteiger partial charge is 0.480 e. The summed E-state index contributed by atoms with van der Waals surface area (Å²) < 4.78 is 0. The number of para-hydroxylation sites is 1. The van der Waals surface area contributed by atoms with Gasteiger partial charge >= 0.3 is 5.97 Å². The quantitative estimate of drug-likeness (QED) is 0.848. The molecule has 0 bridgehead atoms. The maximum absolute atomic E-state index is 11.9. The minimum Gasteiger partial charge on any atom is -0.480 e. The Morgan fingerprint density at radius 1 is 1.35 bits per heavy atom. The first-order chi connectivity index (χ1) is 8.02. The average Bonchev–Trinajstić information content (AvgIpc) is 2.61. The molecular weight excluding hydrogens is 218 g/mol. The van der Waals surface area contributed by atoms with Crippen LogP contribution >= 0.6 is 0 Å². The summed E-state index contributed by atoms with van der Waals surface area (Å²) in [5.74, 6) is -1.03. The molecule has 0 aromatic heterocycles. The Morgan fingerprint density at radius 2 is 1.94 bits per heavy atom. The SMILES string of the molecule is Cc1cccc(C)c1N1C(=O)CCC1C(=O)O. The topological polar surface area (TPSA) is 57.6 Å². The first-order valence-corrected chi connectivity index (χ1v) is 5.63. The Kier molecular flexibility index (Phi) is 2.88. The molecule has 0 saturated carbocycles. The molecule has 1 unspecified atom stereocenters. The number of carboxylic acids is 1. The van der Waals surface area contributed by atoms with Gasteiger partial charge in [0.1, 0.15) is 6.04 Å². The van der Waals surface area contributed by atoms with Crippen LogP contribution in [0.2, 0.25) is 0 Å². The van der Waals surface area contributed by atoms with Gasteiger partial charge in [-0.3, -0.25) is 9.69 Å². The molecule has 0 aliphatic carbocycles. The second kappa shape index (κ2) is 4.20. The standard InChI is InChI=1S/C13H15NO3/c1-8-4-3-5-9(2)12(8)14-10(13(16)17)6-7-11(14)15/h3-5,10H,6-7H2,1-2H3,(H,16,17). The molecule has 90 valence electrons. The van der Waals surface area contributed by atoms with Crippen LogP contribution in [0.4, 0.5) is 5.69 Å². The summed E-state index contributed by atoms with van der Waals surface area (Å²) in [7, 11) is 0. The zero-order chi connectivity index (χ0) is 12.6. The fourth-order valence-electron chi connectivity index (χ4n) is 2.38. The van der Waals surface area contributed by atoms with E-state index in [0.717, 1.165) is 16.8 Å². The number of hydrogen-bond acceptors (Lipinski definition) is 2. The van der Waals surface area contributed by atoms with E-state index in [9.17, 15) is 9.59 Å². The van der Waals surface area contributed by atoms with Crippen molar-refractivity contribution in [2.45, 2.75) is 32.7 Å². The van der Waals surface area contributed by atoms with Crippen molar-refractivity contribution in [1.82, 2.24) is 0 Å². The first-order valence-electron chi connectivity index (χ1n) is 5.63. The molecule has 0 radical (unpaired) electrons. The minimum atomic E-state index is -0.932. The van der Waals surface area contributed by atoms with Crippen LogP contribution in [0.3, 0.4) is 0 Å². The Hall–Kier alpha value is -1.84. The van der Waals surface area contributed by atoms with E-state index in [1.165, 1.54) is 4.90 Å². The van der Waals surface area contributed by atoms with Crippen molar-refractivity contribution < 1.29 is 14.7 Å². The summed E-state index contributed by atoms with van der Waals surface area (Å²) >= 11 is 0. The number of carbonyl (C=O) groups is 2. The van der Waals surface area contributed by atoms with Gasteiger partial charge in [0.25, 0.3) is 0 Å². The lowest BCUT2D eigenvalue weighted by Gasteiger charge is -2.25. The number of aliphatic carboxylic acids is 1. The average molecular weight is 233 g/mol. The van der Waals surface area contributed by atoms with E-state index in [4.69, 9.17) is 5.11 Å². The van der Waals surface area contributed by atoms with Crippen LogP contribution < -0.4 is 4.90 Å². The van der Waals surface area contributed by atoms with Crippen molar-refractivity contribution in [2.24, 2.45) is 0 Å². The smallest absolute Gasteiger partial charge is 0.326 e. The molecule has 0 spiro atoms. The maximum Gasteiger partial charge on any atom is 0.326 e. The Morgan fingerprint density at radius 3 is 2.47 bits per heavy atom. The normalized spacial score (nSPS) is 19.8. The number of anilines is 1. The summed E-state index contributed by atoms with van der Waals surface area (Å²) in [6, 6.07) is 4.98. The van der Waals surface area contributed by atoms with Gasteiger partial charge in [-0.05, 0) is 31.4 Å². The van der Waals surface area contributed by atoms with Crippen LogP contribution in [0.25, 0.3) is 0 Å². The van der Waals surface area contributed by atoms with Gasteiger partial charge in [0.05, 0.1) is 5.69 Å². The summed E-state index contributed by atoms with van der Waals surface area (Å²) in [5, 5.41) is 9.15. The lowest BCUT2D eigenvalue weighted by molar-refractivity contribution is -0.138. The molecule has 1 N–H and O–H groups in total. The minimum absolute atomic E-state index is 0.102. The van der Waals surface area contributed by atoms with Crippen molar-refractivity contribution in [1.29, 1.82) is 0 Å². The van der Waals surface area contributed by atoms with E-state index in [-0.39, 0.29) is 5.91 Å². The van der Waals surface area contributed by atoms with E-state index >= 15 is 0 Å². The van der Waals surface area contributed by atoms with Crippen LogP contribution in [-0.4, -0.2) is 23.0 Å². The van der Waals surface area contributed by atoms with E-state index in [1.54, 1.807) is 0 Å². The lowest BCUT2D eigenvalue weighted by Crippen LogP contribution is -2.39. The van der Waals surface area contributed by atoms with Gasteiger partial charge in [-0.25, -0.2) is 4.79 Å². The second-order valence-corrected chi connectivity index (χ2v) is 4.40. The van der Waals surface area contributed by atoms with Crippen LogP contribution in [0.5, 0.6) is 0 Å². The van der Waals surface area contributed by atoms with Crippen molar-refractivity contribution in [3.05, 3.63) is 29.3 Å². The number of carboxylic acid groups (broad SMARTS) is 1. The molecule has 1 atom stereocenters. The third-order valence-corrected chi connectivity index (χ3v) is 3.18. The molecule has 1 aromatic rings. The number of amides is 1. The van der Waals surface area contributed by atoms with Crippen LogP contribution in [0.1, 0.15) is 24.0 Å². The number of benzene rings is 1. The molecule has 2 rings (SSSR count). The van der Waals surface area contributed by atoms with Gasteiger partial charge in [0.2, 0.25) is 5.91 Å². The highest BCUT2D eigenvalue weighted by Crippen LogP contribution is 2.32. The zero-order valence-electron chi connectivity index (χ0n) is 9.93. The summed E-state index contributed by atoms with van der Waals surface area (Å²) in [4.78, 5) is 24.5. The molecule has 1 heterocycles. The van der Waals surface area contributed by atoms with Gasteiger partial charge in [0.15, 0.2) is 0 Å². The Labute approximate surface area is 99.9 Å². The summed E-state index contributed by atoms with van der Waals surface area (Å²) in [6.45, 7) is 3.79. The van der Waals surface area contributed by atoms with Crippen molar-refractivity contribution in [2.75, 3.05) is 4.90 Å². The monoisotopic (exact) mass is 233 g/mol. The number of rotatable bonds is 2. The summed E-state index contributed by atoms with van der Waals surface area (Å²) in [6.07, 6.45) is 0.701. The predicted octanol–water partition coefficient (Wildman–Crippen LogP) is 1.88. The Balaban J connectivity index is 2.50. The maximum atomic E-state index is 11.9. The van der Waals surface area contributed by atoms with E-state index in [0.29, 0.717) is 12.8 Å². The highest BCUT2D eigenvalue weighted by molar-refractivity contribution is 6.03. The van der Waals surface area contributed by atoms with Crippen molar-refractivity contribution in [3.8, 4) is 0 Å². The highest BCUT2D eigenvalue weighted by Gasteiger charge is 2.38. The van der Waals surface area contributed by atoms with Gasteiger partial charge in [0, 0.05) is 6.42 Å². The lowest BCUT2D eigenvalue weighted by atomic mass is 10.1. The second-order valence-electron chi connectivity index (χ2n) is 4.40. The third kappa shape index (κ3) is 1.90. The number of hydrogen-bond donors (Lipinski definition) is 1. The molecule has 4 nitrogen and oxygen atoms in total. The van der Waals surface area contributed by atoms with Gasteiger partial charge in [-0.1, -0.05) is 18.2 Å². The fourth-order valence-corrected chi connectivity index (χ4v) is 2.38. The van der Waals surface area contributed by atoms with Crippen LogP contribution in [0, 0.1) is 13.8 Å². The Bertz CT molecular complexity index is 461. The highest BCUT2D eigenvalue weighted by atomic mass is 16.4. The van der Waals surface area contributed by atoms with Gasteiger partial charge in [-0.2, -0.15) is 0 Å². The summed E-state index contributed by atoms with van der Waals surface area (Å²) in [5.41, 5.74) is 2.63. The number of nitrogens with zero attached hydrogens (tertiary/aromatic N) is 1. The van der Waals surface area contributed by atoms with E-state index in [1.807, 2.05) is 32.0 Å².